The summed E-state index contributed by atoms with van der Waals surface area (Å²) >= 11 is 0. The summed E-state index contributed by atoms with van der Waals surface area (Å²) in [6, 6.07) is 3.11. The fourth-order valence-electron chi connectivity index (χ4n) is 4.10. The van der Waals surface area contributed by atoms with Crippen LogP contribution >= 0.6 is 0 Å². The van der Waals surface area contributed by atoms with Crippen molar-refractivity contribution in [1.29, 1.82) is 0 Å². The van der Waals surface area contributed by atoms with Crippen LogP contribution in [0.25, 0.3) is 0 Å². The number of hydrogen-bond donors (Lipinski definition) is 1. The third kappa shape index (κ3) is 7.48. The molecule has 0 aromatic heterocycles. The molecule has 1 atom stereocenters. The Morgan fingerprint density at radius 1 is 1.18 bits per heavy atom. The number of oxime groups is 1. The van der Waals surface area contributed by atoms with Gasteiger partial charge in [-0.25, -0.2) is 4.79 Å². The summed E-state index contributed by atoms with van der Waals surface area (Å²) in [5.74, 6) is -0.425. The number of fused-ring (bicyclic) bond motifs is 1. The number of esters is 1. The number of benzene rings is 1. The van der Waals surface area contributed by atoms with Crippen LogP contribution < -0.4 is 0 Å². The number of rotatable bonds is 3. The van der Waals surface area contributed by atoms with E-state index in [2.05, 4.69) is 11.2 Å². The number of amides is 1. The van der Waals surface area contributed by atoms with Crippen LogP contribution in [0.3, 0.4) is 0 Å². The molecule has 0 spiro atoms. The van der Waals surface area contributed by atoms with Crippen molar-refractivity contribution < 1.29 is 24.3 Å². The number of ether oxygens (including phenoxy) is 1. The van der Waals surface area contributed by atoms with Crippen LogP contribution in [0.4, 0.5) is 0 Å². The van der Waals surface area contributed by atoms with E-state index in [4.69, 9.17) is 9.57 Å². The zero-order valence-corrected chi connectivity index (χ0v) is 19.6. The van der Waals surface area contributed by atoms with Crippen LogP contribution in [0.15, 0.2) is 41.6 Å². The summed E-state index contributed by atoms with van der Waals surface area (Å²) in [5.41, 5.74) is 2.22. The molecule has 0 aliphatic carbocycles. The molecule has 1 aromatic rings. The minimum atomic E-state index is -0.426. The Morgan fingerprint density at radius 3 is 2.73 bits per heavy atom. The fraction of sp³-hybridized carbons (Fsp3) is 0.500. The lowest BCUT2D eigenvalue weighted by atomic mass is 9.96. The van der Waals surface area contributed by atoms with Crippen LogP contribution in [-0.4, -0.2) is 53.4 Å². The molecule has 7 heteroatoms. The Hall–Kier alpha value is -3.09. The minimum absolute atomic E-state index is 0.0690. The van der Waals surface area contributed by atoms with Gasteiger partial charge in [0.05, 0.1) is 11.3 Å². The van der Waals surface area contributed by atoms with E-state index in [1.54, 1.807) is 19.1 Å². The fourth-order valence-corrected chi connectivity index (χ4v) is 4.10. The Morgan fingerprint density at radius 2 is 1.94 bits per heavy atom. The molecule has 1 fully saturated rings. The standard InChI is InChI=1S/C26H34N2O5/c1-19-15-23(29)17-21-16-22(27-32-18-24(30)28-13-9-6-10-14-28)12-8-5-3-4-7-11-20(2)33-26(31)25(19)21/h4,7-8,12,15,17,20,29H,3,5-6,9-11,13-14,16,18H2,1-2H3/b7-4+,12-8+,27-22+/t20-/m1/s1. The molecular weight excluding hydrogens is 420 g/mol. The number of likely N-dealkylation sites (tertiary alicyclic amines) is 1. The van der Waals surface area contributed by atoms with E-state index in [0.29, 0.717) is 28.8 Å². The number of phenols is 1. The quantitative estimate of drug-likeness (QED) is 0.414. The zero-order valence-electron chi connectivity index (χ0n) is 19.6. The van der Waals surface area contributed by atoms with Crippen molar-refractivity contribution in [1.82, 2.24) is 4.90 Å². The highest BCUT2D eigenvalue weighted by Crippen LogP contribution is 2.24. The maximum Gasteiger partial charge on any atom is 0.338 e. The molecule has 2 aliphatic rings. The van der Waals surface area contributed by atoms with Gasteiger partial charge in [-0.05, 0) is 75.3 Å². The SMILES string of the molecule is Cc1cc(O)cc2c1C(=O)O[C@H](C)C/C=C/CC/C=C/C(=N\OCC(=O)N1CCCCC1)C2. The van der Waals surface area contributed by atoms with Gasteiger partial charge in [0.1, 0.15) is 11.9 Å². The monoisotopic (exact) mass is 454 g/mol. The van der Waals surface area contributed by atoms with Crippen molar-refractivity contribution in [2.45, 2.75) is 64.9 Å². The summed E-state index contributed by atoms with van der Waals surface area (Å²) in [5, 5.41) is 14.4. The van der Waals surface area contributed by atoms with E-state index in [9.17, 15) is 14.7 Å². The second kappa shape index (κ2) is 12.2. The zero-order chi connectivity index (χ0) is 23.6. The lowest BCUT2D eigenvalue weighted by molar-refractivity contribution is -0.137. The number of carbonyl (C=O) groups excluding carboxylic acids is 2. The van der Waals surface area contributed by atoms with Crippen molar-refractivity contribution in [2.24, 2.45) is 5.16 Å². The smallest absolute Gasteiger partial charge is 0.338 e. The highest BCUT2D eigenvalue weighted by Gasteiger charge is 2.21. The molecule has 1 saturated heterocycles. The number of aryl methyl sites for hydroxylation is 1. The number of cyclic esters (lactones) is 1. The van der Waals surface area contributed by atoms with Crippen molar-refractivity contribution in [3.63, 3.8) is 0 Å². The predicted octanol–water partition coefficient (Wildman–Crippen LogP) is 4.47. The average molecular weight is 455 g/mol. The van der Waals surface area contributed by atoms with E-state index in [1.165, 1.54) is 0 Å². The van der Waals surface area contributed by atoms with Crippen LogP contribution in [0.1, 0.15) is 66.9 Å². The maximum absolute atomic E-state index is 12.9. The molecule has 7 nitrogen and oxygen atoms in total. The van der Waals surface area contributed by atoms with Crippen molar-refractivity contribution in [3.8, 4) is 5.75 Å². The molecule has 2 aliphatic heterocycles. The number of nitrogens with zero attached hydrogens (tertiary/aromatic N) is 2. The van der Waals surface area contributed by atoms with Crippen molar-refractivity contribution >= 4 is 17.6 Å². The average Bonchev–Trinajstić information content (AvgIpc) is 2.77. The first-order valence-corrected chi connectivity index (χ1v) is 11.8. The molecule has 1 amide bonds. The Balaban J connectivity index is 1.83. The van der Waals surface area contributed by atoms with Gasteiger partial charge in [0.2, 0.25) is 0 Å². The van der Waals surface area contributed by atoms with Crippen LogP contribution in [0.2, 0.25) is 0 Å². The van der Waals surface area contributed by atoms with Crippen LogP contribution in [-0.2, 0) is 20.8 Å². The largest absolute Gasteiger partial charge is 0.508 e. The number of aromatic hydroxyl groups is 1. The number of hydrogen-bond acceptors (Lipinski definition) is 6. The van der Waals surface area contributed by atoms with Gasteiger partial charge in [0.15, 0.2) is 6.61 Å². The molecule has 2 heterocycles. The van der Waals surface area contributed by atoms with E-state index in [-0.39, 0.29) is 30.8 Å². The summed E-state index contributed by atoms with van der Waals surface area (Å²) < 4.78 is 5.65. The van der Waals surface area contributed by atoms with E-state index >= 15 is 0 Å². The van der Waals surface area contributed by atoms with Gasteiger partial charge in [-0.1, -0.05) is 23.4 Å². The molecule has 3 rings (SSSR count). The molecule has 0 radical (unpaired) electrons. The van der Waals surface area contributed by atoms with Crippen molar-refractivity contribution in [3.05, 3.63) is 53.1 Å². The number of carbonyl (C=O) groups is 2. The summed E-state index contributed by atoms with van der Waals surface area (Å²) in [4.78, 5) is 32.6. The third-order valence-corrected chi connectivity index (χ3v) is 5.81. The van der Waals surface area contributed by atoms with Gasteiger partial charge >= 0.3 is 5.97 Å². The third-order valence-electron chi connectivity index (χ3n) is 5.81. The van der Waals surface area contributed by atoms with Gasteiger partial charge < -0.3 is 19.6 Å². The predicted molar refractivity (Wildman–Crippen MR) is 127 cm³/mol. The summed E-state index contributed by atoms with van der Waals surface area (Å²) in [6.07, 6.45) is 13.5. The van der Waals surface area contributed by atoms with E-state index in [0.717, 1.165) is 45.2 Å². The highest BCUT2D eigenvalue weighted by molar-refractivity contribution is 6.00. The molecule has 0 bridgehead atoms. The van der Waals surface area contributed by atoms with Crippen LogP contribution in [0, 0.1) is 6.92 Å². The summed E-state index contributed by atoms with van der Waals surface area (Å²) in [6.45, 7) is 5.04. The van der Waals surface area contributed by atoms with E-state index in [1.807, 2.05) is 30.1 Å². The van der Waals surface area contributed by atoms with Crippen LogP contribution in [0.5, 0.6) is 5.75 Å². The summed E-state index contributed by atoms with van der Waals surface area (Å²) in [7, 11) is 0. The number of allylic oxidation sites excluding steroid dienone is 3. The molecule has 0 unspecified atom stereocenters. The van der Waals surface area contributed by atoms with Crippen molar-refractivity contribution in [2.75, 3.05) is 19.7 Å². The first-order chi connectivity index (χ1) is 15.9. The Labute approximate surface area is 195 Å². The maximum atomic E-state index is 12.9. The van der Waals surface area contributed by atoms with E-state index < -0.39 is 5.97 Å². The lowest BCUT2D eigenvalue weighted by Crippen LogP contribution is -2.37. The Kier molecular flexibility index (Phi) is 9.10. The van der Waals surface area contributed by atoms with Gasteiger partial charge in [-0.3, -0.25) is 4.79 Å². The second-order valence-corrected chi connectivity index (χ2v) is 8.67. The molecule has 33 heavy (non-hydrogen) atoms. The first kappa shape index (κ1) is 24.6. The normalized spacial score (nSPS) is 23.2. The number of piperidine rings is 1. The second-order valence-electron chi connectivity index (χ2n) is 8.67. The molecule has 1 N–H and O–H groups in total. The minimum Gasteiger partial charge on any atom is -0.508 e. The van der Waals surface area contributed by atoms with Gasteiger partial charge in [0, 0.05) is 25.9 Å². The Bertz CT molecular complexity index is 929. The molecule has 1 aromatic carbocycles. The topological polar surface area (TPSA) is 88.4 Å². The molecule has 0 saturated carbocycles. The molecular formula is C26H34N2O5. The number of phenolic OH excluding ortho intramolecular Hbond substituents is 1. The molecule has 178 valence electrons. The highest BCUT2D eigenvalue weighted by atomic mass is 16.6. The van der Waals surface area contributed by atoms with Gasteiger partial charge in [-0.15, -0.1) is 0 Å². The lowest BCUT2D eigenvalue weighted by Gasteiger charge is -2.26. The van der Waals surface area contributed by atoms with Gasteiger partial charge in [-0.2, -0.15) is 0 Å². The first-order valence-electron chi connectivity index (χ1n) is 11.8. The van der Waals surface area contributed by atoms with Gasteiger partial charge in [0.25, 0.3) is 5.91 Å².